The molecule has 1 fully saturated rings. The van der Waals surface area contributed by atoms with Gasteiger partial charge in [0, 0.05) is 32.7 Å². The van der Waals surface area contributed by atoms with Crippen LogP contribution in [0.15, 0.2) is 35.9 Å². The summed E-state index contributed by atoms with van der Waals surface area (Å²) in [4.78, 5) is 17.4. The molecule has 0 aromatic heterocycles. The quantitative estimate of drug-likeness (QED) is 0.720. The topological polar surface area (TPSA) is 59.4 Å². The second kappa shape index (κ2) is 11.1. The minimum absolute atomic E-state index is 0.0785. The molecular formula is C24H34N4O. The van der Waals surface area contributed by atoms with Crippen LogP contribution in [0.25, 0.3) is 0 Å². The zero-order chi connectivity index (χ0) is 20.5. The first-order chi connectivity index (χ1) is 14.2. The van der Waals surface area contributed by atoms with Crippen LogP contribution >= 0.6 is 0 Å². The molecule has 0 spiro atoms. The molecule has 1 aliphatic heterocycles. The second-order valence-corrected chi connectivity index (χ2v) is 8.30. The van der Waals surface area contributed by atoms with Gasteiger partial charge in [-0.15, -0.1) is 0 Å². The summed E-state index contributed by atoms with van der Waals surface area (Å²) in [5, 5.41) is 12.1. The SMILES string of the molecule is CC(C(=O)NCCC1=CCCCC1)N1CCCN(Cc2ccc(C#N)cc2)CC1. The molecule has 1 N–H and O–H groups in total. The van der Waals surface area contributed by atoms with Crippen molar-refractivity contribution in [3.05, 3.63) is 47.0 Å². The molecular weight excluding hydrogens is 360 g/mol. The highest BCUT2D eigenvalue weighted by Crippen LogP contribution is 2.19. The Bertz CT molecular complexity index is 734. The molecule has 156 valence electrons. The lowest BCUT2D eigenvalue weighted by Crippen LogP contribution is -2.46. The first-order valence-electron chi connectivity index (χ1n) is 11.1. The normalized spacial score (nSPS) is 19.7. The maximum absolute atomic E-state index is 12.6. The van der Waals surface area contributed by atoms with Gasteiger partial charge < -0.3 is 5.32 Å². The average molecular weight is 395 g/mol. The molecule has 1 atom stereocenters. The van der Waals surface area contributed by atoms with E-state index in [9.17, 15) is 4.79 Å². The average Bonchev–Trinajstić information content (AvgIpc) is 3.00. The van der Waals surface area contributed by atoms with E-state index >= 15 is 0 Å². The van der Waals surface area contributed by atoms with Crippen molar-refractivity contribution in [1.82, 2.24) is 15.1 Å². The first kappa shape index (κ1) is 21.5. The number of amides is 1. The van der Waals surface area contributed by atoms with Crippen LogP contribution in [0, 0.1) is 11.3 Å². The minimum atomic E-state index is -0.0785. The number of nitrogens with one attached hydrogen (secondary N) is 1. The fourth-order valence-electron chi connectivity index (χ4n) is 4.27. The van der Waals surface area contributed by atoms with Crippen LogP contribution in [0.3, 0.4) is 0 Å². The van der Waals surface area contributed by atoms with E-state index in [2.05, 4.69) is 27.3 Å². The van der Waals surface area contributed by atoms with Gasteiger partial charge in [-0.05, 0) is 69.7 Å². The molecule has 0 radical (unpaired) electrons. The zero-order valence-corrected chi connectivity index (χ0v) is 17.7. The molecule has 1 saturated heterocycles. The number of carbonyl (C=O) groups excluding carboxylic acids is 1. The number of rotatable bonds is 7. The lowest BCUT2D eigenvalue weighted by atomic mass is 9.97. The Morgan fingerprint density at radius 1 is 1.14 bits per heavy atom. The molecule has 1 aliphatic carbocycles. The number of hydrogen-bond donors (Lipinski definition) is 1. The van der Waals surface area contributed by atoms with Gasteiger partial charge in [0.05, 0.1) is 17.7 Å². The molecule has 29 heavy (non-hydrogen) atoms. The van der Waals surface area contributed by atoms with Crippen LogP contribution in [0.5, 0.6) is 0 Å². The summed E-state index contributed by atoms with van der Waals surface area (Å²) in [6.45, 7) is 7.57. The van der Waals surface area contributed by atoms with E-state index in [1.165, 1.54) is 36.8 Å². The lowest BCUT2D eigenvalue weighted by molar-refractivity contribution is -0.125. The van der Waals surface area contributed by atoms with E-state index in [0.29, 0.717) is 5.56 Å². The molecule has 5 heteroatoms. The Balaban J connectivity index is 1.42. The molecule has 1 heterocycles. The maximum atomic E-state index is 12.6. The van der Waals surface area contributed by atoms with Crippen LogP contribution in [0.4, 0.5) is 0 Å². The Labute approximate surface area is 175 Å². The van der Waals surface area contributed by atoms with Crippen LogP contribution in [0.2, 0.25) is 0 Å². The van der Waals surface area contributed by atoms with Gasteiger partial charge in [0.2, 0.25) is 5.91 Å². The molecule has 1 aromatic carbocycles. The van der Waals surface area contributed by atoms with E-state index in [1.54, 1.807) is 0 Å². The van der Waals surface area contributed by atoms with E-state index in [4.69, 9.17) is 5.26 Å². The number of allylic oxidation sites excluding steroid dienone is 1. The first-order valence-corrected chi connectivity index (χ1v) is 11.1. The molecule has 1 unspecified atom stereocenters. The zero-order valence-electron chi connectivity index (χ0n) is 17.7. The molecule has 3 rings (SSSR count). The van der Waals surface area contributed by atoms with E-state index in [1.807, 2.05) is 31.2 Å². The molecule has 5 nitrogen and oxygen atoms in total. The number of benzene rings is 1. The summed E-state index contributed by atoms with van der Waals surface area (Å²) >= 11 is 0. The summed E-state index contributed by atoms with van der Waals surface area (Å²) in [6.07, 6.45) is 9.43. The van der Waals surface area contributed by atoms with Crippen molar-refractivity contribution < 1.29 is 4.79 Å². The lowest BCUT2D eigenvalue weighted by Gasteiger charge is -2.27. The van der Waals surface area contributed by atoms with Crippen molar-refractivity contribution in [2.75, 3.05) is 32.7 Å². The Morgan fingerprint density at radius 3 is 2.69 bits per heavy atom. The Kier molecular flexibility index (Phi) is 8.27. The van der Waals surface area contributed by atoms with Crippen molar-refractivity contribution in [2.24, 2.45) is 0 Å². The highest BCUT2D eigenvalue weighted by atomic mass is 16.2. The number of carbonyl (C=O) groups is 1. The van der Waals surface area contributed by atoms with Crippen LogP contribution in [-0.2, 0) is 11.3 Å². The molecule has 0 bridgehead atoms. The predicted molar refractivity (Wildman–Crippen MR) is 116 cm³/mol. The third-order valence-electron chi connectivity index (χ3n) is 6.17. The summed E-state index contributed by atoms with van der Waals surface area (Å²) in [6, 6.07) is 9.94. The largest absolute Gasteiger partial charge is 0.354 e. The van der Waals surface area contributed by atoms with Gasteiger partial charge in [0.15, 0.2) is 0 Å². The van der Waals surface area contributed by atoms with Crippen LogP contribution < -0.4 is 5.32 Å². The highest BCUT2D eigenvalue weighted by molar-refractivity contribution is 5.81. The van der Waals surface area contributed by atoms with Crippen molar-refractivity contribution in [2.45, 2.75) is 58.0 Å². The molecule has 2 aliphatic rings. The van der Waals surface area contributed by atoms with Gasteiger partial charge >= 0.3 is 0 Å². The smallest absolute Gasteiger partial charge is 0.237 e. The third kappa shape index (κ3) is 6.69. The van der Waals surface area contributed by atoms with E-state index < -0.39 is 0 Å². The second-order valence-electron chi connectivity index (χ2n) is 8.30. The Hall–Kier alpha value is -2.16. The van der Waals surface area contributed by atoms with Crippen molar-refractivity contribution >= 4 is 5.91 Å². The van der Waals surface area contributed by atoms with Gasteiger partial charge in [0.25, 0.3) is 0 Å². The molecule has 1 amide bonds. The fourth-order valence-corrected chi connectivity index (χ4v) is 4.27. The summed E-state index contributed by atoms with van der Waals surface area (Å²) in [7, 11) is 0. The molecule has 1 aromatic rings. The Morgan fingerprint density at radius 2 is 1.97 bits per heavy atom. The number of nitrogens with zero attached hydrogens (tertiary/aromatic N) is 3. The highest BCUT2D eigenvalue weighted by Gasteiger charge is 2.24. The van der Waals surface area contributed by atoms with Gasteiger partial charge in [-0.25, -0.2) is 0 Å². The van der Waals surface area contributed by atoms with Crippen molar-refractivity contribution in [3.63, 3.8) is 0 Å². The number of nitriles is 1. The predicted octanol–water partition coefficient (Wildman–Crippen LogP) is 3.46. The van der Waals surface area contributed by atoms with Gasteiger partial charge in [0.1, 0.15) is 0 Å². The summed E-state index contributed by atoms with van der Waals surface area (Å²) < 4.78 is 0. The van der Waals surface area contributed by atoms with E-state index in [0.717, 1.165) is 52.1 Å². The van der Waals surface area contributed by atoms with Crippen LogP contribution in [0.1, 0.15) is 56.6 Å². The summed E-state index contributed by atoms with van der Waals surface area (Å²) in [5.74, 6) is 0.155. The van der Waals surface area contributed by atoms with E-state index in [-0.39, 0.29) is 11.9 Å². The van der Waals surface area contributed by atoms with Crippen LogP contribution in [-0.4, -0.2) is 54.5 Å². The minimum Gasteiger partial charge on any atom is -0.354 e. The fraction of sp³-hybridized carbons (Fsp3) is 0.583. The standard InChI is InChI=1S/C24H34N4O/c1-20(24(29)26-13-12-21-6-3-2-4-7-21)28-15-5-14-27(16-17-28)19-23-10-8-22(18-25)9-11-23/h6,8-11,20H,2-5,7,12-17,19H2,1H3,(H,26,29). The van der Waals surface area contributed by atoms with Gasteiger partial charge in [-0.3, -0.25) is 14.6 Å². The van der Waals surface area contributed by atoms with Gasteiger partial charge in [-0.2, -0.15) is 5.26 Å². The monoisotopic (exact) mass is 394 g/mol. The third-order valence-corrected chi connectivity index (χ3v) is 6.17. The summed E-state index contributed by atoms with van der Waals surface area (Å²) in [5.41, 5.74) is 3.45. The van der Waals surface area contributed by atoms with Crippen molar-refractivity contribution in [1.29, 1.82) is 5.26 Å². The van der Waals surface area contributed by atoms with Gasteiger partial charge in [-0.1, -0.05) is 23.8 Å². The maximum Gasteiger partial charge on any atom is 0.237 e. The number of hydrogen-bond acceptors (Lipinski definition) is 4. The molecule has 0 saturated carbocycles. The van der Waals surface area contributed by atoms with Crippen molar-refractivity contribution in [3.8, 4) is 6.07 Å².